The first kappa shape index (κ1) is 34.9. The summed E-state index contributed by atoms with van der Waals surface area (Å²) in [7, 11) is 0. The zero-order valence-corrected chi connectivity index (χ0v) is 33.2. The molecule has 0 aliphatic carbocycles. The number of fused-ring (bicyclic) bond motifs is 9. The van der Waals surface area contributed by atoms with E-state index in [0.29, 0.717) is 0 Å². The number of para-hydroxylation sites is 2. The molecule has 3 nitrogen and oxygen atoms in total. The van der Waals surface area contributed by atoms with Gasteiger partial charge in [0.05, 0.1) is 34.0 Å². The molecule has 61 heavy (non-hydrogen) atoms. The number of aromatic nitrogens is 3. The Hall–Kier alpha value is -8.14. The fraction of sp³-hybridized carbons (Fsp3) is 0. The Bertz CT molecular complexity index is 3590. The highest BCUT2D eigenvalue weighted by atomic mass is 15.0. The summed E-state index contributed by atoms with van der Waals surface area (Å²) >= 11 is 0. The summed E-state index contributed by atoms with van der Waals surface area (Å²) in [4.78, 5) is 10.2. The van der Waals surface area contributed by atoms with E-state index in [1.54, 1.807) is 0 Å². The smallest absolute Gasteiger partial charge is 0.0979 e. The standard InChI is InChI=1S/C58H37N3/c1-2-16-47(17-3-1)61-55-23-9-8-20-50(55)51-33-32-45(36-56(51)61)44-14-10-12-42(34-44)40-28-24-38(25-29-40)39-26-30-41(31-27-39)43-13-11-15-46(35-43)54-37-59-57-52-21-6-4-18-48(52)49-19-5-7-22-53(49)58(57)60-54/h1-37H. The molecule has 10 aromatic carbocycles. The van der Waals surface area contributed by atoms with E-state index in [1.807, 2.05) is 6.20 Å². The summed E-state index contributed by atoms with van der Waals surface area (Å²) in [6, 6.07) is 78.5. The van der Waals surface area contributed by atoms with Crippen molar-refractivity contribution in [2.24, 2.45) is 0 Å². The van der Waals surface area contributed by atoms with Crippen LogP contribution in [0.25, 0.3) is 116 Å². The molecule has 0 N–H and O–H groups in total. The first-order valence-electron chi connectivity index (χ1n) is 20.8. The highest BCUT2D eigenvalue weighted by Gasteiger charge is 2.15. The van der Waals surface area contributed by atoms with Crippen molar-refractivity contribution >= 4 is 54.4 Å². The predicted molar refractivity (Wildman–Crippen MR) is 256 cm³/mol. The minimum absolute atomic E-state index is 0.866. The fourth-order valence-electron chi connectivity index (χ4n) is 9.21. The van der Waals surface area contributed by atoms with Crippen molar-refractivity contribution < 1.29 is 0 Å². The molecule has 12 aromatic rings. The molecule has 2 aromatic heterocycles. The van der Waals surface area contributed by atoms with Crippen molar-refractivity contribution in [3.05, 3.63) is 225 Å². The number of benzene rings is 10. The van der Waals surface area contributed by atoms with Gasteiger partial charge in [-0.15, -0.1) is 0 Å². The number of rotatable bonds is 6. The molecule has 0 saturated carbocycles. The molecule has 0 aliphatic rings. The van der Waals surface area contributed by atoms with Gasteiger partial charge in [0.15, 0.2) is 0 Å². The van der Waals surface area contributed by atoms with Crippen LogP contribution in [0.5, 0.6) is 0 Å². The van der Waals surface area contributed by atoms with Crippen LogP contribution in [-0.4, -0.2) is 14.5 Å². The lowest BCUT2D eigenvalue weighted by atomic mass is 9.95. The van der Waals surface area contributed by atoms with E-state index in [0.717, 1.165) is 44.2 Å². The number of hydrogen-bond donors (Lipinski definition) is 0. The van der Waals surface area contributed by atoms with Crippen LogP contribution in [0.3, 0.4) is 0 Å². The number of nitrogens with zero attached hydrogens (tertiary/aromatic N) is 3. The lowest BCUT2D eigenvalue weighted by Gasteiger charge is -2.11. The lowest BCUT2D eigenvalue weighted by molar-refractivity contribution is 1.18. The highest BCUT2D eigenvalue weighted by Crippen LogP contribution is 2.38. The third-order valence-corrected chi connectivity index (χ3v) is 12.2. The first-order valence-corrected chi connectivity index (χ1v) is 20.8. The molecule has 0 amide bonds. The quantitative estimate of drug-likeness (QED) is 0.158. The van der Waals surface area contributed by atoms with Gasteiger partial charge < -0.3 is 4.57 Å². The third-order valence-electron chi connectivity index (χ3n) is 12.2. The molecule has 12 rings (SSSR count). The van der Waals surface area contributed by atoms with Gasteiger partial charge in [0.2, 0.25) is 0 Å². The SMILES string of the molecule is c1ccc(-n2c3ccccc3c3ccc(-c4cccc(-c5ccc(-c6ccc(-c7cccc(-c8cnc9c%10ccccc%10c%10ccccc%10c9n8)c7)cc6)cc5)c4)cc32)cc1. The Balaban J connectivity index is 0.817. The maximum Gasteiger partial charge on any atom is 0.0979 e. The molecule has 2 heterocycles. The van der Waals surface area contributed by atoms with Crippen LogP contribution >= 0.6 is 0 Å². The Labute approximate surface area is 353 Å². The van der Waals surface area contributed by atoms with E-state index in [1.165, 1.54) is 71.6 Å². The molecule has 0 spiro atoms. The van der Waals surface area contributed by atoms with Gasteiger partial charge >= 0.3 is 0 Å². The van der Waals surface area contributed by atoms with E-state index in [2.05, 4.69) is 223 Å². The van der Waals surface area contributed by atoms with Crippen LogP contribution in [0.15, 0.2) is 225 Å². The summed E-state index contributed by atoms with van der Waals surface area (Å²) in [5, 5.41) is 7.17. The second-order valence-corrected chi connectivity index (χ2v) is 15.8. The van der Waals surface area contributed by atoms with Gasteiger partial charge in [0.25, 0.3) is 0 Å². The number of hydrogen-bond acceptors (Lipinski definition) is 2. The Morgan fingerprint density at radius 2 is 0.721 bits per heavy atom. The van der Waals surface area contributed by atoms with Gasteiger partial charge in [-0.05, 0) is 91.7 Å². The summed E-state index contributed by atoms with van der Waals surface area (Å²) in [6.07, 6.45) is 1.91. The van der Waals surface area contributed by atoms with Crippen LogP contribution < -0.4 is 0 Å². The van der Waals surface area contributed by atoms with Crippen LogP contribution in [0.1, 0.15) is 0 Å². The van der Waals surface area contributed by atoms with Crippen LogP contribution in [0.2, 0.25) is 0 Å². The second kappa shape index (κ2) is 14.3. The molecule has 0 aliphatic heterocycles. The normalized spacial score (nSPS) is 11.6. The second-order valence-electron chi connectivity index (χ2n) is 15.8. The molecule has 284 valence electrons. The van der Waals surface area contributed by atoms with Crippen molar-refractivity contribution in [2.75, 3.05) is 0 Å². The van der Waals surface area contributed by atoms with E-state index < -0.39 is 0 Å². The zero-order chi connectivity index (χ0) is 40.3. The average Bonchev–Trinajstić information content (AvgIpc) is 3.68. The van der Waals surface area contributed by atoms with Gasteiger partial charge in [0.1, 0.15) is 0 Å². The van der Waals surface area contributed by atoms with Crippen molar-refractivity contribution in [2.45, 2.75) is 0 Å². The molecule has 0 saturated heterocycles. The van der Waals surface area contributed by atoms with Crippen molar-refractivity contribution in [3.8, 4) is 61.5 Å². The Morgan fingerprint density at radius 3 is 1.36 bits per heavy atom. The van der Waals surface area contributed by atoms with Gasteiger partial charge in [-0.1, -0.05) is 182 Å². The largest absolute Gasteiger partial charge is 0.309 e. The summed E-state index contributed by atoms with van der Waals surface area (Å²) in [5.74, 6) is 0. The lowest BCUT2D eigenvalue weighted by Crippen LogP contribution is -1.93. The molecule has 0 fully saturated rings. The van der Waals surface area contributed by atoms with Crippen LogP contribution in [0, 0.1) is 0 Å². The minimum Gasteiger partial charge on any atom is -0.309 e. The van der Waals surface area contributed by atoms with E-state index in [-0.39, 0.29) is 0 Å². The minimum atomic E-state index is 0.866. The molecule has 0 radical (unpaired) electrons. The molecule has 3 heteroatoms. The van der Waals surface area contributed by atoms with Gasteiger partial charge in [0, 0.05) is 32.8 Å². The van der Waals surface area contributed by atoms with Gasteiger partial charge in [-0.3, -0.25) is 4.98 Å². The van der Waals surface area contributed by atoms with E-state index in [9.17, 15) is 0 Å². The highest BCUT2D eigenvalue weighted by molar-refractivity contribution is 6.23. The van der Waals surface area contributed by atoms with Crippen LogP contribution in [0.4, 0.5) is 0 Å². The predicted octanol–water partition coefficient (Wildman–Crippen LogP) is 15.4. The van der Waals surface area contributed by atoms with Crippen molar-refractivity contribution in [1.82, 2.24) is 14.5 Å². The zero-order valence-electron chi connectivity index (χ0n) is 33.2. The topological polar surface area (TPSA) is 30.7 Å². The third kappa shape index (κ3) is 5.98. The van der Waals surface area contributed by atoms with Gasteiger partial charge in [-0.2, -0.15) is 0 Å². The molecule has 0 unspecified atom stereocenters. The average molecular weight is 776 g/mol. The summed E-state index contributed by atoms with van der Waals surface area (Å²) in [6.45, 7) is 0. The molecular weight excluding hydrogens is 739 g/mol. The monoisotopic (exact) mass is 775 g/mol. The Kier molecular flexibility index (Phi) is 8.17. The fourth-order valence-corrected chi connectivity index (χ4v) is 9.21. The molecule has 0 atom stereocenters. The Morgan fingerprint density at radius 1 is 0.279 bits per heavy atom. The van der Waals surface area contributed by atoms with Gasteiger partial charge in [-0.25, -0.2) is 4.98 Å². The molecular formula is C58H37N3. The van der Waals surface area contributed by atoms with Crippen LogP contribution in [-0.2, 0) is 0 Å². The van der Waals surface area contributed by atoms with E-state index >= 15 is 0 Å². The van der Waals surface area contributed by atoms with Crippen molar-refractivity contribution in [1.29, 1.82) is 0 Å². The van der Waals surface area contributed by atoms with E-state index in [4.69, 9.17) is 9.97 Å². The summed E-state index contributed by atoms with van der Waals surface area (Å²) in [5.41, 5.74) is 16.8. The van der Waals surface area contributed by atoms with Crippen molar-refractivity contribution in [3.63, 3.8) is 0 Å². The maximum absolute atomic E-state index is 5.23. The maximum atomic E-state index is 5.23. The first-order chi connectivity index (χ1) is 30.2. The summed E-state index contributed by atoms with van der Waals surface area (Å²) < 4.78 is 2.38. The molecule has 0 bridgehead atoms.